The van der Waals surface area contributed by atoms with Crippen molar-refractivity contribution in [2.75, 3.05) is 5.75 Å². The molecule has 23 heavy (non-hydrogen) atoms. The van der Waals surface area contributed by atoms with E-state index in [1.165, 1.54) is 22.7 Å². The topological polar surface area (TPSA) is 12.9 Å². The van der Waals surface area contributed by atoms with E-state index in [4.69, 9.17) is 4.98 Å². The second kappa shape index (κ2) is 7.17. The molecular weight excluding hydrogens is 298 g/mol. The number of aromatic nitrogens is 1. The van der Waals surface area contributed by atoms with Crippen LogP contribution in [0, 0.1) is 25.7 Å². The molecule has 1 aromatic heterocycles. The molecule has 1 aromatic rings. The maximum Gasteiger partial charge on any atom is 0.0470 e. The van der Waals surface area contributed by atoms with Gasteiger partial charge in [-0.1, -0.05) is 48.5 Å². The van der Waals surface area contributed by atoms with Crippen molar-refractivity contribution in [2.45, 2.75) is 85.3 Å². The summed E-state index contributed by atoms with van der Waals surface area (Å²) in [7, 11) is 0. The number of hydrogen-bond donors (Lipinski definition) is 0. The third-order valence-corrected chi connectivity index (χ3v) is 7.55. The largest absolute Gasteiger partial charge is 0.257 e. The van der Waals surface area contributed by atoms with Crippen LogP contribution in [-0.2, 0) is 0 Å². The SMILES string of the molecule is Cc1nc(C(C)C)c2c(c1C)[C@@H](C)[C@@H](C)[C@@H](C)SCC2C(C)C. The van der Waals surface area contributed by atoms with Crippen LogP contribution in [0.4, 0.5) is 0 Å². The minimum Gasteiger partial charge on any atom is -0.257 e. The van der Waals surface area contributed by atoms with Gasteiger partial charge in [0, 0.05) is 22.4 Å². The van der Waals surface area contributed by atoms with Gasteiger partial charge in [-0.05, 0) is 60.1 Å². The first-order chi connectivity index (χ1) is 10.7. The van der Waals surface area contributed by atoms with Crippen molar-refractivity contribution in [2.24, 2.45) is 11.8 Å². The quantitative estimate of drug-likeness (QED) is 0.618. The number of thioether (sulfide) groups is 1. The summed E-state index contributed by atoms with van der Waals surface area (Å²) in [5.41, 5.74) is 7.25. The molecule has 1 aliphatic heterocycles. The van der Waals surface area contributed by atoms with E-state index in [1.807, 2.05) is 0 Å². The fourth-order valence-electron chi connectivity index (χ4n) is 3.96. The summed E-state index contributed by atoms with van der Waals surface area (Å²) in [6.45, 7) is 21.2. The van der Waals surface area contributed by atoms with Crippen LogP contribution in [0.5, 0.6) is 0 Å². The first-order valence-corrected chi connectivity index (χ1v) is 10.3. The summed E-state index contributed by atoms with van der Waals surface area (Å²) < 4.78 is 0. The molecule has 130 valence electrons. The summed E-state index contributed by atoms with van der Waals surface area (Å²) in [5, 5.41) is 0.717. The molecule has 0 fully saturated rings. The lowest BCUT2D eigenvalue weighted by Crippen LogP contribution is -2.28. The van der Waals surface area contributed by atoms with Gasteiger partial charge in [0.2, 0.25) is 0 Å². The molecule has 0 spiro atoms. The van der Waals surface area contributed by atoms with Crippen molar-refractivity contribution in [1.29, 1.82) is 0 Å². The third kappa shape index (κ3) is 3.48. The highest BCUT2D eigenvalue weighted by Crippen LogP contribution is 2.46. The first kappa shape index (κ1) is 18.8. The highest BCUT2D eigenvalue weighted by atomic mass is 32.2. The highest BCUT2D eigenvalue weighted by molar-refractivity contribution is 7.99. The molecule has 1 nitrogen and oxygen atoms in total. The monoisotopic (exact) mass is 333 g/mol. The molecule has 4 atom stereocenters. The molecule has 1 unspecified atom stereocenters. The number of pyridine rings is 1. The maximum absolute atomic E-state index is 5.06. The molecule has 0 saturated heterocycles. The van der Waals surface area contributed by atoms with E-state index in [2.05, 4.69) is 74.1 Å². The van der Waals surface area contributed by atoms with Crippen LogP contribution in [0.2, 0.25) is 0 Å². The second-order valence-corrected chi connectivity index (χ2v) is 9.64. The van der Waals surface area contributed by atoms with Crippen molar-refractivity contribution < 1.29 is 0 Å². The van der Waals surface area contributed by atoms with Crippen LogP contribution < -0.4 is 0 Å². The number of aryl methyl sites for hydroxylation is 1. The van der Waals surface area contributed by atoms with Crippen LogP contribution in [0.1, 0.15) is 94.3 Å². The van der Waals surface area contributed by atoms with Gasteiger partial charge < -0.3 is 0 Å². The molecule has 0 amide bonds. The van der Waals surface area contributed by atoms with Gasteiger partial charge >= 0.3 is 0 Å². The molecule has 0 saturated carbocycles. The van der Waals surface area contributed by atoms with Crippen LogP contribution in [0.15, 0.2) is 0 Å². The Labute approximate surface area is 148 Å². The van der Waals surface area contributed by atoms with E-state index < -0.39 is 0 Å². The van der Waals surface area contributed by atoms with Gasteiger partial charge in [-0.3, -0.25) is 4.98 Å². The zero-order chi connectivity index (χ0) is 17.5. The molecule has 0 radical (unpaired) electrons. The second-order valence-electron chi connectivity index (χ2n) is 8.23. The summed E-state index contributed by atoms with van der Waals surface area (Å²) in [5.74, 6) is 4.31. The van der Waals surface area contributed by atoms with E-state index in [9.17, 15) is 0 Å². The fourth-order valence-corrected chi connectivity index (χ4v) is 5.56. The normalized spacial score (nSPS) is 28.7. The predicted molar refractivity (Wildman–Crippen MR) is 105 cm³/mol. The Balaban J connectivity index is 2.80. The number of rotatable bonds is 2. The number of nitrogens with zero attached hydrogens (tertiary/aromatic N) is 1. The minimum absolute atomic E-state index is 0.494. The predicted octanol–water partition coefficient (Wildman–Crippen LogP) is 6.44. The van der Waals surface area contributed by atoms with E-state index in [-0.39, 0.29) is 0 Å². The Morgan fingerprint density at radius 1 is 1.00 bits per heavy atom. The third-order valence-electron chi connectivity index (χ3n) is 6.05. The zero-order valence-electron chi connectivity index (χ0n) is 16.5. The van der Waals surface area contributed by atoms with Gasteiger partial charge in [0.25, 0.3) is 0 Å². The first-order valence-electron chi connectivity index (χ1n) is 9.29. The van der Waals surface area contributed by atoms with Gasteiger partial charge in [-0.2, -0.15) is 11.8 Å². The molecule has 0 N–H and O–H groups in total. The van der Waals surface area contributed by atoms with Crippen molar-refractivity contribution in [3.63, 3.8) is 0 Å². The minimum atomic E-state index is 0.494. The molecule has 2 heteroatoms. The molecule has 0 aromatic carbocycles. The smallest absolute Gasteiger partial charge is 0.0470 e. The van der Waals surface area contributed by atoms with Crippen LogP contribution >= 0.6 is 11.8 Å². The van der Waals surface area contributed by atoms with E-state index in [1.54, 1.807) is 11.1 Å². The molecular formula is C21H35NS. The molecule has 2 rings (SSSR count). The zero-order valence-corrected chi connectivity index (χ0v) is 17.3. The van der Waals surface area contributed by atoms with Gasteiger partial charge in [-0.15, -0.1) is 0 Å². The van der Waals surface area contributed by atoms with Crippen molar-refractivity contribution in [3.05, 3.63) is 28.1 Å². The van der Waals surface area contributed by atoms with Crippen LogP contribution in [0.3, 0.4) is 0 Å². The highest BCUT2D eigenvalue weighted by Gasteiger charge is 2.34. The average molecular weight is 334 g/mol. The van der Waals surface area contributed by atoms with Gasteiger partial charge in [0.1, 0.15) is 0 Å². The summed E-state index contributed by atoms with van der Waals surface area (Å²) >= 11 is 2.17. The average Bonchev–Trinajstić information content (AvgIpc) is 2.47. The Hall–Kier alpha value is -0.500. The maximum atomic E-state index is 5.06. The Morgan fingerprint density at radius 2 is 1.61 bits per heavy atom. The summed E-state index contributed by atoms with van der Waals surface area (Å²) in [6.07, 6.45) is 0. The Morgan fingerprint density at radius 3 is 2.13 bits per heavy atom. The molecule has 0 bridgehead atoms. The van der Waals surface area contributed by atoms with E-state index in [0.29, 0.717) is 29.6 Å². The van der Waals surface area contributed by atoms with Crippen LogP contribution in [-0.4, -0.2) is 16.0 Å². The van der Waals surface area contributed by atoms with Crippen LogP contribution in [0.25, 0.3) is 0 Å². The molecule has 0 aliphatic carbocycles. The Kier molecular flexibility index (Phi) is 5.87. The number of fused-ring (bicyclic) bond motifs is 1. The van der Waals surface area contributed by atoms with Gasteiger partial charge in [0.15, 0.2) is 0 Å². The lowest BCUT2D eigenvalue weighted by molar-refractivity contribution is 0.453. The summed E-state index contributed by atoms with van der Waals surface area (Å²) in [6, 6.07) is 0. The van der Waals surface area contributed by atoms with E-state index >= 15 is 0 Å². The summed E-state index contributed by atoms with van der Waals surface area (Å²) in [4.78, 5) is 5.06. The fraction of sp³-hybridized carbons (Fsp3) is 0.762. The lowest BCUT2D eigenvalue weighted by atomic mass is 9.75. The number of hydrogen-bond acceptors (Lipinski definition) is 2. The standard InChI is InChI=1S/C21H35NS/c1-11(2)18-10-23-17(9)13(5)14(6)19-15(7)16(8)22-21(12(3)4)20(18)19/h11-14,17-18H,10H2,1-9H3/t13-,14+,17-,18?/m1/s1. The van der Waals surface area contributed by atoms with Crippen molar-refractivity contribution >= 4 is 11.8 Å². The molecule has 2 heterocycles. The molecule has 1 aliphatic rings. The van der Waals surface area contributed by atoms with Gasteiger partial charge in [-0.25, -0.2) is 0 Å². The Bertz CT molecular complexity index is 561. The van der Waals surface area contributed by atoms with E-state index in [0.717, 1.165) is 5.25 Å². The lowest BCUT2D eigenvalue weighted by Gasteiger charge is -2.38. The van der Waals surface area contributed by atoms with Crippen molar-refractivity contribution in [1.82, 2.24) is 4.98 Å². The van der Waals surface area contributed by atoms with Gasteiger partial charge in [0.05, 0.1) is 0 Å². The van der Waals surface area contributed by atoms with Crippen molar-refractivity contribution in [3.8, 4) is 0 Å².